The average molecular weight is 348 g/mol. The minimum atomic E-state index is -0.159. The van der Waals surface area contributed by atoms with E-state index in [1.807, 2.05) is 18.2 Å². The first-order chi connectivity index (χ1) is 11.6. The van der Waals surface area contributed by atoms with Gasteiger partial charge in [-0.3, -0.25) is 4.79 Å². The molecular formula is C17H14ClNO5. The second-order valence-electron chi connectivity index (χ2n) is 5.54. The Balaban J connectivity index is 1.53. The van der Waals surface area contributed by atoms with Gasteiger partial charge in [-0.1, -0.05) is 17.7 Å². The summed E-state index contributed by atoms with van der Waals surface area (Å²) in [6, 6.07) is 8.86. The molecule has 0 unspecified atom stereocenters. The minimum absolute atomic E-state index is 0.111. The summed E-state index contributed by atoms with van der Waals surface area (Å²) in [5, 5.41) is 0.366. The summed E-state index contributed by atoms with van der Waals surface area (Å²) in [7, 11) is 1.73. The van der Waals surface area contributed by atoms with Crippen LogP contribution in [0.5, 0.6) is 23.0 Å². The summed E-state index contributed by atoms with van der Waals surface area (Å²) in [6.45, 7) is 0.768. The van der Waals surface area contributed by atoms with Crippen LogP contribution in [0.1, 0.15) is 15.9 Å². The maximum absolute atomic E-state index is 12.6. The number of rotatable bonds is 3. The van der Waals surface area contributed by atoms with Crippen molar-refractivity contribution in [1.82, 2.24) is 4.90 Å². The Kier molecular flexibility index (Phi) is 3.61. The molecule has 0 saturated carbocycles. The maximum Gasteiger partial charge on any atom is 0.254 e. The Labute approximate surface area is 143 Å². The van der Waals surface area contributed by atoms with E-state index in [1.54, 1.807) is 24.1 Å². The normalized spacial score (nSPS) is 13.9. The van der Waals surface area contributed by atoms with Crippen LogP contribution >= 0.6 is 11.6 Å². The third-order valence-electron chi connectivity index (χ3n) is 3.88. The minimum Gasteiger partial charge on any atom is -0.454 e. The smallest absolute Gasteiger partial charge is 0.254 e. The molecule has 124 valence electrons. The van der Waals surface area contributed by atoms with Gasteiger partial charge in [-0.25, -0.2) is 0 Å². The van der Waals surface area contributed by atoms with Gasteiger partial charge in [0.1, 0.15) is 0 Å². The van der Waals surface area contributed by atoms with Crippen molar-refractivity contribution in [3.05, 3.63) is 46.5 Å². The molecule has 0 spiro atoms. The number of carbonyl (C=O) groups is 1. The number of amides is 1. The molecule has 0 N–H and O–H groups in total. The van der Waals surface area contributed by atoms with Crippen LogP contribution in [0.3, 0.4) is 0 Å². The molecule has 4 rings (SSSR count). The highest BCUT2D eigenvalue weighted by Gasteiger charge is 2.22. The molecule has 0 radical (unpaired) electrons. The zero-order valence-electron chi connectivity index (χ0n) is 12.9. The first-order valence-electron chi connectivity index (χ1n) is 7.35. The Morgan fingerprint density at radius 3 is 2.67 bits per heavy atom. The largest absolute Gasteiger partial charge is 0.454 e. The molecule has 2 aliphatic rings. The fourth-order valence-corrected chi connectivity index (χ4v) is 2.96. The van der Waals surface area contributed by atoms with Crippen LogP contribution in [-0.2, 0) is 6.54 Å². The van der Waals surface area contributed by atoms with Crippen LogP contribution in [0.15, 0.2) is 30.3 Å². The van der Waals surface area contributed by atoms with Crippen molar-refractivity contribution >= 4 is 17.5 Å². The standard InChI is InChI=1S/C17H14ClNO5/c1-19(7-10-2-3-13-14(4-10)22-8-21-13)17(20)11-5-12(18)16-15(6-11)23-9-24-16/h2-6H,7-9H2,1H3. The predicted molar refractivity (Wildman–Crippen MR) is 85.9 cm³/mol. The zero-order chi connectivity index (χ0) is 16.7. The molecule has 0 bridgehead atoms. The number of hydrogen-bond donors (Lipinski definition) is 0. The van der Waals surface area contributed by atoms with Gasteiger partial charge in [-0.05, 0) is 29.8 Å². The molecule has 0 aliphatic carbocycles. The topological polar surface area (TPSA) is 57.2 Å². The van der Waals surface area contributed by atoms with Gasteiger partial charge in [0.05, 0.1) is 5.02 Å². The summed E-state index contributed by atoms with van der Waals surface area (Å²) in [4.78, 5) is 14.3. The highest BCUT2D eigenvalue weighted by atomic mass is 35.5. The fraction of sp³-hybridized carbons (Fsp3) is 0.235. The van der Waals surface area contributed by atoms with Crippen molar-refractivity contribution in [3.8, 4) is 23.0 Å². The maximum atomic E-state index is 12.6. The number of benzene rings is 2. The quantitative estimate of drug-likeness (QED) is 0.854. The fourth-order valence-electron chi connectivity index (χ4n) is 2.70. The van der Waals surface area contributed by atoms with Crippen molar-refractivity contribution in [1.29, 1.82) is 0 Å². The van der Waals surface area contributed by atoms with E-state index in [2.05, 4.69) is 0 Å². The van der Waals surface area contributed by atoms with Crippen molar-refractivity contribution in [2.75, 3.05) is 20.6 Å². The monoisotopic (exact) mass is 347 g/mol. The first-order valence-corrected chi connectivity index (χ1v) is 7.73. The second kappa shape index (κ2) is 5.79. The van der Waals surface area contributed by atoms with E-state index in [-0.39, 0.29) is 19.5 Å². The number of carbonyl (C=O) groups excluding carboxylic acids is 1. The summed E-state index contributed by atoms with van der Waals surface area (Å²) in [5.41, 5.74) is 1.40. The van der Waals surface area contributed by atoms with Gasteiger partial charge in [-0.2, -0.15) is 0 Å². The number of nitrogens with zero attached hydrogens (tertiary/aromatic N) is 1. The summed E-state index contributed by atoms with van der Waals surface area (Å²) in [5.74, 6) is 2.22. The molecule has 0 fully saturated rings. The van der Waals surface area contributed by atoms with E-state index in [9.17, 15) is 4.79 Å². The van der Waals surface area contributed by atoms with Crippen LogP contribution in [-0.4, -0.2) is 31.4 Å². The van der Waals surface area contributed by atoms with Gasteiger partial charge in [0.2, 0.25) is 13.6 Å². The SMILES string of the molecule is CN(Cc1ccc2c(c1)OCO2)C(=O)c1cc(Cl)c2c(c1)OCO2. The van der Waals surface area contributed by atoms with Gasteiger partial charge in [0, 0.05) is 19.2 Å². The number of hydrogen-bond acceptors (Lipinski definition) is 5. The van der Waals surface area contributed by atoms with Crippen molar-refractivity contribution in [3.63, 3.8) is 0 Å². The Hall–Kier alpha value is -2.60. The molecule has 2 heterocycles. The molecule has 1 amide bonds. The number of fused-ring (bicyclic) bond motifs is 2. The van der Waals surface area contributed by atoms with Gasteiger partial charge in [0.25, 0.3) is 5.91 Å². The van der Waals surface area contributed by atoms with Gasteiger partial charge >= 0.3 is 0 Å². The van der Waals surface area contributed by atoms with Crippen LogP contribution in [0.4, 0.5) is 0 Å². The van der Waals surface area contributed by atoms with E-state index in [0.29, 0.717) is 34.4 Å². The first kappa shape index (κ1) is 15.0. The molecule has 24 heavy (non-hydrogen) atoms. The second-order valence-corrected chi connectivity index (χ2v) is 5.95. The van der Waals surface area contributed by atoms with E-state index < -0.39 is 0 Å². The lowest BCUT2D eigenvalue weighted by Gasteiger charge is -2.18. The molecule has 2 aliphatic heterocycles. The van der Waals surface area contributed by atoms with Gasteiger partial charge < -0.3 is 23.8 Å². The van der Waals surface area contributed by atoms with E-state index in [0.717, 1.165) is 11.3 Å². The summed E-state index contributed by atoms with van der Waals surface area (Å²) < 4.78 is 21.2. The number of halogens is 1. The molecule has 2 aromatic rings. The lowest BCUT2D eigenvalue weighted by atomic mass is 10.1. The van der Waals surface area contributed by atoms with Crippen molar-refractivity contribution in [2.45, 2.75) is 6.54 Å². The van der Waals surface area contributed by atoms with Crippen LogP contribution in [0, 0.1) is 0 Å². The molecule has 0 atom stereocenters. The van der Waals surface area contributed by atoms with Gasteiger partial charge in [-0.15, -0.1) is 0 Å². The van der Waals surface area contributed by atoms with Crippen LogP contribution in [0.2, 0.25) is 5.02 Å². The Morgan fingerprint density at radius 1 is 1.04 bits per heavy atom. The predicted octanol–water partition coefficient (Wildman–Crippen LogP) is 3.07. The lowest BCUT2D eigenvalue weighted by molar-refractivity contribution is 0.0784. The third-order valence-corrected chi connectivity index (χ3v) is 4.16. The zero-order valence-corrected chi connectivity index (χ0v) is 13.6. The molecule has 0 aromatic heterocycles. The molecule has 2 aromatic carbocycles. The van der Waals surface area contributed by atoms with Crippen molar-refractivity contribution < 1.29 is 23.7 Å². The van der Waals surface area contributed by atoms with Gasteiger partial charge in [0.15, 0.2) is 23.0 Å². The van der Waals surface area contributed by atoms with E-state index in [1.165, 1.54) is 0 Å². The molecule has 0 saturated heterocycles. The average Bonchev–Trinajstić information content (AvgIpc) is 3.22. The highest BCUT2D eigenvalue weighted by molar-refractivity contribution is 6.32. The molecule has 6 nitrogen and oxygen atoms in total. The summed E-state index contributed by atoms with van der Waals surface area (Å²) in [6.07, 6.45) is 0. The Morgan fingerprint density at radius 2 is 1.79 bits per heavy atom. The number of ether oxygens (including phenoxy) is 4. The van der Waals surface area contributed by atoms with Crippen LogP contribution < -0.4 is 18.9 Å². The Bertz CT molecular complexity index is 823. The third kappa shape index (κ3) is 2.59. The molecular weight excluding hydrogens is 334 g/mol. The van der Waals surface area contributed by atoms with Crippen molar-refractivity contribution in [2.24, 2.45) is 0 Å². The lowest BCUT2D eigenvalue weighted by Crippen LogP contribution is -2.26. The van der Waals surface area contributed by atoms with Crippen LogP contribution in [0.25, 0.3) is 0 Å². The van der Waals surface area contributed by atoms with E-state index >= 15 is 0 Å². The molecule has 7 heteroatoms. The summed E-state index contributed by atoms with van der Waals surface area (Å²) >= 11 is 6.14. The van der Waals surface area contributed by atoms with E-state index in [4.69, 9.17) is 30.5 Å². The highest BCUT2D eigenvalue weighted by Crippen LogP contribution is 2.40.